The minimum atomic E-state index is -0.753. The van der Waals surface area contributed by atoms with Crippen LogP contribution in [0, 0.1) is 5.41 Å². The molecule has 4 nitrogen and oxygen atoms in total. The van der Waals surface area contributed by atoms with Crippen molar-refractivity contribution in [1.29, 1.82) is 0 Å². The number of hydrogen-bond donors (Lipinski definition) is 0. The van der Waals surface area contributed by atoms with Crippen LogP contribution in [0.1, 0.15) is 39.7 Å². The van der Waals surface area contributed by atoms with Crippen molar-refractivity contribution < 1.29 is 9.53 Å². The van der Waals surface area contributed by atoms with Crippen molar-refractivity contribution in [2.75, 3.05) is 5.01 Å². The molecule has 3 rings (SSSR count). The van der Waals surface area contributed by atoms with E-state index in [1.807, 2.05) is 88.4 Å². The molecule has 0 unspecified atom stereocenters. The topological polar surface area (TPSA) is 41.9 Å². The van der Waals surface area contributed by atoms with Crippen LogP contribution in [-0.2, 0) is 16.0 Å². The summed E-state index contributed by atoms with van der Waals surface area (Å²) in [7, 11) is 0. The van der Waals surface area contributed by atoms with Crippen LogP contribution in [0.25, 0.3) is 0 Å². The van der Waals surface area contributed by atoms with Gasteiger partial charge in [-0.1, -0.05) is 52.3 Å². The second-order valence-corrected chi connectivity index (χ2v) is 9.15. The van der Waals surface area contributed by atoms with Gasteiger partial charge in [-0.25, -0.2) is 0 Å². The summed E-state index contributed by atoms with van der Waals surface area (Å²) in [6.45, 7) is 7.94. The molecule has 0 spiro atoms. The van der Waals surface area contributed by atoms with E-state index in [-0.39, 0.29) is 11.5 Å². The first kappa shape index (κ1) is 21.3. The summed E-state index contributed by atoms with van der Waals surface area (Å²) in [6, 6.07) is 17.6. The van der Waals surface area contributed by atoms with Crippen molar-refractivity contribution in [3.63, 3.8) is 0 Å². The highest BCUT2D eigenvalue weighted by Gasteiger charge is 2.49. The third kappa shape index (κ3) is 4.78. The highest BCUT2D eigenvalue weighted by molar-refractivity contribution is 9.10. The molecule has 0 aromatic heterocycles. The van der Waals surface area contributed by atoms with E-state index in [2.05, 4.69) is 21.0 Å². The van der Waals surface area contributed by atoms with Crippen LogP contribution in [-0.4, -0.2) is 17.2 Å². The van der Waals surface area contributed by atoms with Gasteiger partial charge in [-0.2, -0.15) is 10.1 Å². The van der Waals surface area contributed by atoms with Gasteiger partial charge in [-0.05, 0) is 70.4 Å². The molecule has 0 bridgehead atoms. The fourth-order valence-electron chi connectivity index (χ4n) is 3.37. The van der Waals surface area contributed by atoms with E-state index in [9.17, 15) is 4.79 Å². The molecular weight excluding hydrogens is 428 g/mol. The van der Waals surface area contributed by atoms with Gasteiger partial charge in [-0.15, -0.1) is 0 Å². The molecule has 1 heterocycles. The number of anilines is 1. The maximum absolute atomic E-state index is 13.7. The first-order chi connectivity index (χ1) is 13.7. The molecule has 0 N–H and O–H groups in total. The largest absolute Gasteiger partial charge is 0.496 e. The zero-order valence-electron chi connectivity index (χ0n) is 17.4. The van der Waals surface area contributed by atoms with E-state index in [0.717, 1.165) is 21.4 Å². The minimum Gasteiger partial charge on any atom is -0.496 e. The minimum absolute atomic E-state index is 0.0163. The van der Waals surface area contributed by atoms with Gasteiger partial charge in [0.2, 0.25) is 0 Å². The lowest BCUT2D eigenvalue weighted by Crippen LogP contribution is -2.41. The molecule has 29 heavy (non-hydrogen) atoms. The molecule has 0 aliphatic carbocycles. The number of hydrazone groups is 1. The van der Waals surface area contributed by atoms with E-state index in [4.69, 9.17) is 4.74 Å². The number of nitrogens with zero attached hydrogens (tertiary/aromatic N) is 2. The van der Waals surface area contributed by atoms with Crippen LogP contribution in [0.5, 0.6) is 0 Å². The molecular formula is C24H27BrN2O2. The predicted molar refractivity (Wildman–Crippen MR) is 122 cm³/mol. The Morgan fingerprint density at radius 1 is 1.10 bits per heavy atom. The maximum atomic E-state index is 13.7. The number of rotatable bonds is 6. The molecule has 1 aliphatic rings. The quantitative estimate of drug-likeness (QED) is 0.493. The molecule has 0 fully saturated rings. The van der Waals surface area contributed by atoms with E-state index in [1.54, 1.807) is 6.26 Å². The monoisotopic (exact) mass is 454 g/mol. The first-order valence-electron chi connectivity index (χ1n) is 9.74. The van der Waals surface area contributed by atoms with Gasteiger partial charge in [0.25, 0.3) is 5.91 Å². The Bertz CT molecular complexity index is 931. The average molecular weight is 455 g/mol. The lowest BCUT2D eigenvalue weighted by atomic mass is 9.75. The molecule has 2 aromatic carbocycles. The predicted octanol–water partition coefficient (Wildman–Crippen LogP) is 6.12. The molecule has 1 aliphatic heterocycles. The zero-order valence-corrected chi connectivity index (χ0v) is 18.9. The van der Waals surface area contributed by atoms with Gasteiger partial charge in [-0.3, -0.25) is 4.79 Å². The lowest BCUT2D eigenvalue weighted by molar-refractivity contribution is -0.123. The van der Waals surface area contributed by atoms with Crippen LogP contribution in [0.2, 0.25) is 0 Å². The molecule has 5 heteroatoms. The molecule has 1 atom stereocenters. The van der Waals surface area contributed by atoms with E-state index < -0.39 is 5.41 Å². The van der Waals surface area contributed by atoms with Gasteiger partial charge in [0.15, 0.2) is 0 Å². The Morgan fingerprint density at radius 3 is 2.41 bits per heavy atom. The molecule has 0 saturated heterocycles. The summed E-state index contributed by atoms with van der Waals surface area (Å²) in [6.07, 6.45) is 4.72. The smallest absolute Gasteiger partial charge is 0.260 e. The summed E-state index contributed by atoms with van der Waals surface area (Å²) in [5, 5.41) is 6.19. The van der Waals surface area contributed by atoms with Crippen LogP contribution in [0.4, 0.5) is 5.69 Å². The number of benzene rings is 2. The fourth-order valence-corrected chi connectivity index (χ4v) is 3.80. The molecule has 2 aromatic rings. The highest BCUT2D eigenvalue weighted by atomic mass is 79.9. The van der Waals surface area contributed by atoms with Crippen molar-refractivity contribution in [1.82, 2.24) is 0 Å². The van der Waals surface area contributed by atoms with Crippen molar-refractivity contribution >= 4 is 33.2 Å². The number of para-hydroxylation sites is 1. The van der Waals surface area contributed by atoms with Crippen LogP contribution in [0.3, 0.4) is 0 Å². The van der Waals surface area contributed by atoms with Crippen LogP contribution < -0.4 is 5.01 Å². The van der Waals surface area contributed by atoms with Crippen LogP contribution in [0.15, 0.2) is 76.5 Å². The van der Waals surface area contributed by atoms with E-state index in [1.165, 1.54) is 5.01 Å². The van der Waals surface area contributed by atoms with Crippen LogP contribution >= 0.6 is 15.9 Å². The number of allylic oxidation sites excluding steroid dienone is 1. The Morgan fingerprint density at radius 2 is 1.76 bits per heavy atom. The number of amides is 1. The van der Waals surface area contributed by atoms with Gasteiger partial charge in [0, 0.05) is 4.47 Å². The second kappa shape index (κ2) is 8.54. The normalized spacial score (nSPS) is 19.7. The maximum Gasteiger partial charge on any atom is 0.260 e. The van der Waals surface area contributed by atoms with Crippen molar-refractivity contribution in [3.8, 4) is 0 Å². The van der Waals surface area contributed by atoms with Gasteiger partial charge in [0.05, 0.1) is 28.7 Å². The fraction of sp³-hybridized carbons (Fsp3) is 0.333. The Hall–Kier alpha value is -2.40. The summed E-state index contributed by atoms with van der Waals surface area (Å²) < 4.78 is 6.73. The Kier molecular flexibility index (Phi) is 6.27. The molecule has 0 saturated carbocycles. The summed E-state index contributed by atoms with van der Waals surface area (Å²) in [4.78, 5) is 13.7. The highest BCUT2D eigenvalue weighted by Crippen LogP contribution is 2.40. The van der Waals surface area contributed by atoms with Crippen molar-refractivity contribution in [2.45, 2.75) is 46.1 Å². The van der Waals surface area contributed by atoms with Gasteiger partial charge >= 0.3 is 0 Å². The number of halogens is 1. The summed E-state index contributed by atoms with van der Waals surface area (Å²) >= 11 is 3.63. The number of ether oxygens (including phenoxy) is 1. The Labute approximate surface area is 181 Å². The number of carbonyl (C=O) groups is 1. The third-order valence-electron chi connectivity index (χ3n) is 4.98. The SMILES string of the molecule is CC1=NN(c2ccccc2)C(=O)[C@@]1(C/C=C/OC(C)(C)C)Cc1ccccc1Br. The third-order valence-corrected chi connectivity index (χ3v) is 5.75. The Balaban J connectivity index is 1.96. The standard InChI is InChI=1S/C24H27BrN2O2/c1-18-24(15-10-16-29-23(2,3)4,17-19-11-8-9-14-21(19)25)22(28)27(26-18)20-12-6-5-7-13-20/h5-14,16H,15,17H2,1-4H3/b16-10+/t24-/m0/s1. The van der Waals surface area contributed by atoms with Crippen molar-refractivity contribution in [2.24, 2.45) is 10.5 Å². The first-order valence-corrected chi connectivity index (χ1v) is 10.5. The van der Waals surface area contributed by atoms with E-state index >= 15 is 0 Å². The average Bonchev–Trinajstić information content (AvgIpc) is 2.92. The lowest BCUT2D eigenvalue weighted by Gasteiger charge is -2.28. The van der Waals surface area contributed by atoms with Crippen molar-refractivity contribution in [3.05, 3.63) is 77.0 Å². The zero-order chi connectivity index (χ0) is 21.1. The summed E-state index contributed by atoms with van der Waals surface area (Å²) in [5.41, 5.74) is 1.64. The van der Waals surface area contributed by atoms with E-state index in [0.29, 0.717) is 12.8 Å². The number of hydrogen-bond acceptors (Lipinski definition) is 3. The summed E-state index contributed by atoms with van der Waals surface area (Å²) in [5.74, 6) is -0.0163. The molecule has 0 radical (unpaired) electrons. The number of carbonyl (C=O) groups excluding carboxylic acids is 1. The van der Waals surface area contributed by atoms with Gasteiger partial charge in [0.1, 0.15) is 0 Å². The molecule has 152 valence electrons. The second-order valence-electron chi connectivity index (χ2n) is 8.29. The molecule has 1 amide bonds. The van der Waals surface area contributed by atoms with Gasteiger partial charge < -0.3 is 4.74 Å².